The second-order valence-corrected chi connectivity index (χ2v) is 4.57. The number of ether oxygens (including phenoxy) is 3. The molecule has 5 nitrogen and oxygen atoms in total. The summed E-state index contributed by atoms with van der Waals surface area (Å²) in [6.07, 6.45) is 0.450. The van der Waals surface area contributed by atoms with E-state index in [9.17, 15) is 5.11 Å². The van der Waals surface area contributed by atoms with Gasteiger partial charge in [-0.3, -0.25) is 0 Å². The number of benzene rings is 1. The van der Waals surface area contributed by atoms with Crippen LogP contribution in [0.25, 0.3) is 0 Å². The topological polar surface area (TPSA) is 60.0 Å². The first-order valence-corrected chi connectivity index (χ1v) is 6.88. The van der Waals surface area contributed by atoms with Crippen molar-refractivity contribution in [3.05, 3.63) is 23.8 Å². The van der Waals surface area contributed by atoms with Gasteiger partial charge in [-0.05, 0) is 31.2 Å². The number of methoxy groups -OCH3 is 2. The molecule has 0 aliphatic rings. The van der Waals surface area contributed by atoms with Gasteiger partial charge in [-0.15, -0.1) is 0 Å². The van der Waals surface area contributed by atoms with Crippen LogP contribution in [-0.2, 0) is 11.3 Å². The smallest absolute Gasteiger partial charge is 0.124 e. The Hall–Kier alpha value is -1.30. The third-order valence-corrected chi connectivity index (χ3v) is 2.80. The first-order chi connectivity index (χ1) is 9.71. The van der Waals surface area contributed by atoms with Crippen LogP contribution in [0, 0.1) is 0 Å². The summed E-state index contributed by atoms with van der Waals surface area (Å²) in [5.41, 5.74) is 1.02. The van der Waals surface area contributed by atoms with Crippen LogP contribution < -0.4 is 14.8 Å². The van der Waals surface area contributed by atoms with Crippen LogP contribution in [0.15, 0.2) is 18.2 Å². The Labute approximate surface area is 120 Å². The Bertz CT molecular complexity index is 384. The third kappa shape index (κ3) is 5.77. The van der Waals surface area contributed by atoms with E-state index < -0.39 is 6.10 Å². The van der Waals surface area contributed by atoms with Gasteiger partial charge in [0.05, 0.1) is 13.7 Å². The van der Waals surface area contributed by atoms with Crippen LogP contribution in [0.5, 0.6) is 11.5 Å². The SMILES string of the molecule is CCCNCc1cc(OC)ccc1OCC(O)COC. The van der Waals surface area contributed by atoms with Crippen LogP contribution in [0.4, 0.5) is 0 Å². The average molecular weight is 283 g/mol. The first kappa shape index (κ1) is 16.8. The van der Waals surface area contributed by atoms with Crippen molar-refractivity contribution in [2.75, 3.05) is 34.0 Å². The zero-order valence-corrected chi connectivity index (χ0v) is 12.5. The molecule has 0 heterocycles. The summed E-state index contributed by atoms with van der Waals surface area (Å²) in [5.74, 6) is 1.55. The van der Waals surface area contributed by atoms with E-state index in [1.54, 1.807) is 14.2 Å². The summed E-state index contributed by atoms with van der Waals surface area (Å²) in [6.45, 7) is 4.25. The first-order valence-electron chi connectivity index (χ1n) is 6.88. The zero-order valence-electron chi connectivity index (χ0n) is 12.5. The van der Waals surface area contributed by atoms with Crippen molar-refractivity contribution in [3.63, 3.8) is 0 Å². The van der Waals surface area contributed by atoms with E-state index in [0.29, 0.717) is 6.54 Å². The molecule has 0 aromatic heterocycles. The van der Waals surface area contributed by atoms with E-state index in [0.717, 1.165) is 30.0 Å². The fourth-order valence-corrected chi connectivity index (χ4v) is 1.79. The molecule has 0 aliphatic carbocycles. The minimum Gasteiger partial charge on any atom is -0.497 e. The maximum absolute atomic E-state index is 9.63. The normalized spacial score (nSPS) is 12.2. The zero-order chi connectivity index (χ0) is 14.8. The van der Waals surface area contributed by atoms with Crippen molar-refractivity contribution in [3.8, 4) is 11.5 Å². The lowest BCUT2D eigenvalue weighted by molar-refractivity contribution is 0.0323. The van der Waals surface area contributed by atoms with Crippen molar-refractivity contribution in [1.82, 2.24) is 5.32 Å². The third-order valence-electron chi connectivity index (χ3n) is 2.80. The largest absolute Gasteiger partial charge is 0.497 e. The molecular weight excluding hydrogens is 258 g/mol. The minimum absolute atomic E-state index is 0.209. The number of hydrogen-bond acceptors (Lipinski definition) is 5. The quantitative estimate of drug-likeness (QED) is 0.638. The van der Waals surface area contributed by atoms with E-state index >= 15 is 0 Å². The van der Waals surface area contributed by atoms with E-state index in [-0.39, 0.29) is 13.2 Å². The number of rotatable bonds is 10. The predicted molar refractivity (Wildman–Crippen MR) is 78.4 cm³/mol. The molecule has 114 valence electrons. The van der Waals surface area contributed by atoms with E-state index in [1.807, 2.05) is 18.2 Å². The highest BCUT2D eigenvalue weighted by Gasteiger charge is 2.09. The van der Waals surface area contributed by atoms with Crippen LogP contribution >= 0.6 is 0 Å². The average Bonchev–Trinajstić information content (AvgIpc) is 2.46. The lowest BCUT2D eigenvalue weighted by Gasteiger charge is -2.15. The van der Waals surface area contributed by atoms with Gasteiger partial charge >= 0.3 is 0 Å². The highest BCUT2D eigenvalue weighted by molar-refractivity contribution is 5.40. The molecule has 1 aromatic carbocycles. The molecule has 0 aliphatic heterocycles. The molecule has 0 fully saturated rings. The van der Waals surface area contributed by atoms with Crippen molar-refractivity contribution < 1.29 is 19.3 Å². The van der Waals surface area contributed by atoms with E-state index in [4.69, 9.17) is 14.2 Å². The molecule has 0 bridgehead atoms. The van der Waals surface area contributed by atoms with Crippen LogP contribution in [0.3, 0.4) is 0 Å². The standard InChI is InChI=1S/C15H25NO4/c1-4-7-16-9-12-8-14(19-3)5-6-15(12)20-11-13(17)10-18-2/h5-6,8,13,16-17H,4,7,9-11H2,1-3H3. The fourth-order valence-electron chi connectivity index (χ4n) is 1.79. The lowest BCUT2D eigenvalue weighted by Crippen LogP contribution is -2.23. The number of aliphatic hydroxyl groups is 1. The van der Waals surface area contributed by atoms with Gasteiger partial charge in [0.1, 0.15) is 24.2 Å². The Morgan fingerprint density at radius 2 is 2.05 bits per heavy atom. The van der Waals surface area contributed by atoms with Gasteiger partial charge in [-0.2, -0.15) is 0 Å². The highest BCUT2D eigenvalue weighted by Crippen LogP contribution is 2.24. The minimum atomic E-state index is -0.626. The van der Waals surface area contributed by atoms with E-state index in [2.05, 4.69) is 12.2 Å². The second-order valence-electron chi connectivity index (χ2n) is 4.57. The van der Waals surface area contributed by atoms with Gasteiger partial charge in [0, 0.05) is 19.2 Å². The molecule has 0 amide bonds. The van der Waals surface area contributed by atoms with E-state index in [1.165, 1.54) is 0 Å². The fraction of sp³-hybridized carbons (Fsp3) is 0.600. The molecule has 20 heavy (non-hydrogen) atoms. The summed E-state index contributed by atoms with van der Waals surface area (Å²) in [5, 5.41) is 13.0. The Morgan fingerprint density at radius 3 is 2.70 bits per heavy atom. The Morgan fingerprint density at radius 1 is 1.25 bits per heavy atom. The molecule has 0 saturated heterocycles. The summed E-state index contributed by atoms with van der Waals surface area (Å²) < 4.78 is 15.8. The number of hydrogen-bond donors (Lipinski definition) is 2. The van der Waals surface area contributed by atoms with Gasteiger partial charge in [0.15, 0.2) is 0 Å². The van der Waals surface area contributed by atoms with Crippen molar-refractivity contribution in [2.24, 2.45) is 0 Å². The summed E-state index contributed by atoms with van der Waals surface area (Å²) in [6, 6.07) is 5.66. The molecule has 0 radical (unpaired) electrons. The van der Waals surface area contributed by atoms with Gasteiger partial charge in [0.2, 0.25) is 0 Å². The van der Waals surface area contributed by atoms with Crippen molar-refractivity contribution in [2.45, 2.75) is 26.0 Å². The molecule has 5 heteroatoms. The predicted octanol–water partition coefficient (Wildman–Crippen LogP) is 1.58. The van der Waals surface area contributed by atoms with Gasteiger partial charge in [0.25, 0.3) is 0 Å². The second kappa shape index (κ2) is 9.58. The molecule has 0 spiro atoms. The number of nitrogens with one attached hydrogen (secondary N) is 1. The van der Waals surface area contributed by atoms with Gasteiger partial charge in [-0.25, -0.2) is 0 Å². The lowest BCUT2D eigenvalue weighted by atomic mass is 10.2. The van der Waals surface area contributed by atoms with Crippen molar-refractivity contribution in [1.29, 1.82) is 0 Å². The molecule has 1 aromatic rings. The Kier molecular flexibility index (Phi) is 8.02. The highest BCUT2D eigenvalue weighted by atomic mass is 16.5. The van der Waals surface area contributed by atoms with Gasteiger partial charge in [-0.1, -0.05) is 6.92 Å². The van der Waals surface area contributed by atoms with Gasteiger partial charge < -0.3 is 24.6 Å². The molecule has 1 atom stereocenters. The maximum Gasteiger partial charge on any atom is 0.124 e. The number of aliphatic hydroxyl groups excluding tert-OH is 1. The monoisotopic (exact) mass is 283 g/mol. The van der Waals surface area contributed by atoms with Crippen LogP contribution in [-0.4, -0.2) is 45.2 Å². The summed E-state index contributed by atoms with van der Waals surface area (Å²) in [4.78, 5) is 0. The molecule has 1 unspecified atom stereocenters. The molecule has 2 N–H and O–H groups in total. The summed E-state index contributed by atoms with van der Waals surface area (Å²) in [7, 11) is 3.19. The molecule has 1 rings (SSSR count). The molecular formula is C15H25NO4. The van der Waals surface area contributed by atoms with Crippen LogP contribution in [0.2, 0.25) is 0 Å². The van der Waals surface area contributed by atoms with Crippen LogP contribution in [0.1, 0.15) is 18.9 Å². The van der Waals surface area contributed by atoms with Crippen molar-refractivity contribution >= 4 is 0 Å². The Balaban J connectivity index is 2.66. The molecule has 0 saturated carbocycles. The summed E-state index contributed by atoms with van der Waals surface area (Å²) >= 11 is 0. The maximum atomic E-state index is 9.63.